The number of aryl methyl sites for hydroxylation is 1. The molecule has 0 spiro atoms. The number of esters is 1. The van der Waals surface area contributed by atoms with Crippen LogP contribution in [0.3, 0.4) is 0 Å². The summed E-state index contributed by atoms with van der Waals surface area (Å²) in [5.41, 5.74) is 0.947. The number of rotatable bonds is 5. The van der Waals surface area contributed by atoms with E-state index < -0.39 is 4.92 Å². The third-order valence-corrected chi connectivity index (χ3v) is 2.93. The van der Waals surface area contributed by atoms with Crippen molar-refractivity contribution in [2.75, 3.05) is 7.11 Å². The molecule has 1 aromatic heterocycles. The highest BCUT2D eigenvalue weighted by atomic mass is 16.6. The Hall–Kier alpha value is -2.96. The first-order chi connectivity index (χ1) is 10.5. The molecule has 0 N–H and O–H groups in total. The number of nitrogens with zero attached hydrogens (tertiary/aromatic N) is 2. The van der Waals surface area contributed by atoms with Crippen LogP contribution in [-0.2, 0) is 16.0 Å². The van der Waals surface area contributed by atoms with Crippen LogP contribution in [0.1, 0.15) is 11.3 Å². The van der Waals surface area contributed by atoms with Gasteiger partial charge in [-0.05, 0) is 24.6 Å². The van der Waals surface area contributed by atoms with Gasteiger partial charge >= 0.3 is 5.97 Å². The van der Waals surface area contributed by atoms with Gasteiger partial charge in [0.1, 0.15) is 11.4 Å². The SMILES string of the molecule is COC(=O)Cc1cccc(Oc2ccc([N+](=O)[O-])c(C)n2)c1. The Morgan fingerprint density at radius 3 is 2.73 bits per heavy atom. The molecule has 0 unspecified atom stereocenters. The molecule has 0 radical (unpaired) electrons. The molecule has 0 aliphatic carbocycles. The summed E-state index contributed by atoms with van der Waals surface area (Å²) in [5, 5.41) is 10.7. The van der Waals surface area contributed by atoms with Crippen LogP contribution in [-0.4, -0.2) is 23.0 Å². The molecule has 2 aromatic rings. The summed E-state index contributed by atoms with van der Waals surface area (Å²) in [6.45, 7) is 1.54. The van der Waals surface area contributed by atoms with Gasteiger partial charge in [-0.1, -0.05) is 12.1 Å². The molecule has 0 saturated carbocycles. The van der Waals surface area contributed by atoms with Crippen LogP contribution in [0.25, 0.3) is 0 Å². The first kappa shape index (κ1) is 15.4. The molecule has 0 saturated heterocycles. The number of aromatic nitrogens is 1. The smallest absolute Gasteiger partial charge is 0.309 e. The zero-order chi connectivity index (χ0) is 16.1. The second kappa shape index (κ2) is 6.66. The summed E-state index contributed by atoms with van der Waals surface area (Å²) in [6, 6.07) is 9.69. The Labute approximate surface area is 126 Å². The van der Waals surface area contributed by atoms with Crippen molar-refractivity contribution in [2.45, 2.75) is 13.3 Å². The minimum atomic E-state index is -0.497. The van der Waals surface area contributed by atoms with Crippen LogP contribution in [0, 0.1) is 17.0 Å². The number of pyridine rings is 1. The molecule has 7 heteroatoms. The minimum Gasteiger partial charge on any atom is -0.469 e. The quantitative estimate of drug-likeness (QED) is 0.479. The number of benzene rings is 1. The molecule has 1 aromatic carbocycles. The second-order valence-electron chi connectivity index (χ2n) is 4.51. The first-order valence-electron chi connectivity index (χ1n) is 6.45. The number of hydrogen-bond acceptors (Lipinski definition) is 6. The topological polar surface area (TPSA) is 91.6 Å². The van der Waals surface area contributed by atoms with E-state index in [9.17, 15) is 14.9 Å². The molecule has 0 aliphatic heterocycles. The highest BCUT2D eigenvalue weighted by Gasteiger charge is 2.13. The van der Waals surface area contributed by atoms with Gasteiger partial charge < -0.3 is 9.47 Å². The van der Waals surface area contributed by atoms with Gasteiger partial charge in [-0.25, -0.2) is 4.98 Å². The number of ether oxygens (including phenoxy) is 2. The lowest BCUT2D eigenvalue weighted by atomic mass is 10.1. The monoisotopic (exact) mass is 302 g/mol. The largest absolute Gasteiger partial charge is 0.469 e. The van der Waals surface area contributed by atoms with Gasteiger partial charge in [0, 0.05) is 12.1 Å². The number of hydrogen-bond donors (Lipinski definition) is 0. The van der Waals surface area contributed by atoms with Crippen LogP contribution < -0.4 is 4.74 Å². The summed E-state index contributed by atoms with van der Waals surface area (Å²) in [5.74, 6) is 0.391. The molecular weight excluding hydrogens is 288 g/mol. The molecule has 0 fully saturated rings. The molecule has 0 atom stereocenters. The molecular formula is C15H14N2O5. The minimum absolute atomic E-state index is 0.0632. The lowest BCUT2D eigenvalue weighted by Crippen LogP contribution is -2.04. The normalized spacial score (nSPS) is 10.1. The fourth-order valence-electron chi connectivity index (χ4n) is 1.86. The molecule has 2 rings (SSSR count). The zero-order valence-electron chi connectivity index (χ0n) is 12.1. The highest BCUT2D eigenvalue weighted by Crippen LogP contribution is 2.24. The van der Waals surface area contributed by atoms with Crippen molar-refractivity contribution >= 4 is 11.7 Å². The van der Waals surface area contributed by atoms with E-state index in [2.05, 4.69) is 9.72 Å². The van der Waals surface area contributed by atoms with E-state index >= 15 is 0 Å². The molecule has 0 bridgehead atoms. The lowest BCUT2D eigenvalue weighted by Gasteiger charge is -2.07. The van der Waals surface area contributed by atoms with Crippen molar-refractivity contribution in [1.82, 2.24) is 4.98 Å². The van der Waals surface area contributed by atoms with E-state index in [4.69, 9.17) is 4.74 Å². The zero-order valence-corrected chi connectivity index (χ0v) is 12.1. The summed E-state index contributed by atoms with van der Waals surface area (Å²) >= 11 is 0. The Morgan fingerprint density at radius 2 is 2.09 bits per heavy atom. The van der Waals surface area contributed by atoms with E-state index in [1.54, 1.807) is 31.2 Å². The Morgan fingerprint density at radius 1 is 1.32 bits per heavy atom. The van der Waals surface area contributed by atoms with Crippen LogP contribution in [0.4, 0.5) is 5.69 Å². The lowest BCUT2D eigenvalue weighted by molar-refractivity contribution is -0.385. The summed E-state index contributed by atoms with van der Waals surface area (Å²) in [6.07, 6.45) is 0.139. The van der Waals surface area contributed by atoms with Crippen molar-refractivity contribution in [3.05, 3.63) is 57.8 Å². The highest BCUT2D eigenvalue weighted by molar-refractivity contribution is 5.72. The summed E-state index contributed by atoms with van der Waals surface area (Å²) < 4.78 is 10.2. The van der Waals surface area contributed by atoms with Crippen molar-refractivity contribution in [3.8, 4) is 11.6 Å². The fraction of sp³-hybridized carbons (Fsp3) is 0.200. The van der Waals surface area contributed by atoms with Gasteiger partial charge in [0.25, 0.3) is 5.69 Å². The molecule has 22 heavy (non-hydrogen) atoms. The maximum Gasteiger partial charge on any atom is 0.309 e. The van der Waals surface area contributed by atoms with Crippen molar-refractivity contribution in [3.63, 3.8) is 0 Å². The number of carbonyl (C=O) groups is 1. The van der Waals surface area contributed by atoms with Crippen LogP contribution in [0.15, 0.2) is 36.4 Å². The van der Waals surface area contributed by atoms with E-state index in [-0.39, 0.29) is 29.7 Å². The van der Waals surface area contributed by atoms with Gasteiger partial charge in [-0.3, -0.25) is 14.9 Å². The number of methoxy groups -OCH3 is 1. The average molecular weight is 302 g/mol. The predicted octanol–water partition coefficient (Wildman–Crippen LogP) is 2.81. The maximum atomic E-state index is 11.3. The first-order valence-corrected chi connectivity index (χ1v) is 6.45. The van der Waals surface area contributed by atoms with Gasteiger partial charge in [0.05, 0.1) is 18.5 Å². The average Bonchev–Trinajstić information content (AvgIpc) is 2.47. The maximum absolute atomic E-state index is 11.3. The molecule has 114 valence electrons. The van der Waals surface area contributed by atoms with Gasteiger partial charge in [0.15, 0.2) is 0 Å². The molecule has 7 nitrogen and oxygen atoms in total. The van der Waals surface area contributed by atoms with Crippen LogP contribution >= 0.6 is 0 Å². The Bertz CT molecular complexity index is 715. The third-order valence-electron chi connectivity index (χ3n) is 2.93. The van der Waals surface area contributed by atoms with Gasteiger partial charge in [-0.2, -0.15) is 0 Å². The molecule has 0 aliphatic rings. The predicted molar refractivity (Wildman–Crippen MR) is 77.9 cm³/mol. The van der Waals surface area contributed by atoms with Crippen LogP contribution in [0.5, 0.6) is 11.6 Å². The van der Waals surface area contributed by atoms with Crippen LogP contribution in [0.2, 0.25) is 0 Å². The van der Waals surface area contributed by atoms with Gasteiger partial charge in [-0.15, -0.1) is 0 Å². The van der Waals surface area contributed by atoms with Gasteiger partial charge in [0.2, 0.25) is 5.88 Å². The van der Waals surface area contributed by atoms with E-state index in [0.29, 0.717) is 5.75 Å². The van der Waals surface area contributed by atoms with E-state index in [1.807, 2.05) is 0 Å². The molecule has 1 heterocycles. The van der Waals surface area contributed by atoms with E-state index in [1.165, 1.54) is 19.2 Å². The standard InChI is InChI=1S/C15H14N2O5/c1-10-13(17(19)20)6-7-14(16-10)22-12-5-3-4-11(8-12)9-15(18)21-2/h3-8H,9H2,1-2H3. The number of carbonyl (C=O) groups excluding carboxylic acids is 1. The Balaban J connectivity index is 2.17. The van der Waals surface area contributed by atoms with Crippen molar-refractivity contribution in [2.24, 2.45) is 0 Å². The summed E-state index contributed by atoms with van der Waals surface area (Å²) in [7, 11) is 1.33. The van der Waals surface area contributed by atoms with Crippen molar-refractivity contribution in [1.29, 1.82) is 0 Å². The molecule has 0 amide bonds. The third kappa shape index (κ3) is 3.78. The number of nitro groups is 1. The Kier molecular flexibility index (Phi) is 4.67. The summed E-state index contributed by atoms with van der Waals surface area (Å²) in [4.78, 5) is 25.5. The van der Waals surface area contributed by atoms with E-state index in [0.717, 1.165) is 5.56 Å². The van der Waals surface area contributed by atoms with Crippen molar-refractivity contribution < 1.29 is 19.2 Å². The fourth-order valence-corrected chi connectivity index (χ4v) is 1.86. The second-order valence-corrected chi connectivity index (χ2v) is 4.51.